The first kappa shape index (κ1) is 14.5. The molecule has 1 heterocycles. The fourth-order valence-corrected chi connectivity index (χ4v) is 2.68. The van der Waals surface area contributed by atoms with Gasteiger partial charge in [-0.15, -0.1) is 0 Å². The zero-order chi connectivity index (χ0) is 13.7. The van der Waals surface area contributed by atoms with E-state index in [1.807, 2.05) is 12.1 Å². The number of nitrogens with one attached hydrogen (secondary N) is 2. The van der Waals surface area contributed by atoms with Crippen LogP contribution in [0, 0.1) is 11.7 Å². The van der Waals surface area contributed by atoms with Gasteiger partial charge in [0.2, 0.25) is 0 Å². The van der Waals surface area contributed by atoms with Gasteiger partial charge in [0.15, 0.2) is 0 Å². The quantitative estimate of drug-likeness (QED) is 0.854. The topological polar surface area (TPSA) is 24.1 Å². The molecule has 0 atom stereocenters. The van der Waals surface area contributed by atoms with Crippen molar-refractivity contribution in [3.05, 3.63) is 35.6 Å². The lowest BCUT2D eigenvalue weighted by Gasteiger charge is -2.28. The van der Waals surface area contributed by atoms with Crippen molar-refractivity contribution in [3.63, 3.8) is 0 Å². The highest BCUT2D eigenvalue weighted by Gasteiger charge is 2.21. The molecular weight excluding hydrogens is 239 g/mol. The molecule has 2 N–H and O–H groups in total. The predicted molar refractivity (Wildman–Crippen MR) is 77.9 cm³/mol. The van der Waals surface area contributed by atoms with Gasteiger partial charge in [-0.1, -0.05) is 26.0 Å². The summed E-state index contributed by atoms with van der Waals surface area (Å²) < 4.78 is 12.9. The Morgan fingerprint density at radius 3 is 2.47 bits per heavy atom. The zero-order valence-electron chi connectivity index (χ0n) is 12.0. The molecule has 0 aromatic heterocycles. The first-order valence-electron chi connectivity index (χ1n) is 7.25. The van der Waals surface area contributed by atoms with Crippen molar-refractivity contribution in [2.45, 2.75) is 32.1 Å². The molecule has 0 aliphatic carbocycles. The average molecular weight is 264 g/mol. The van der Waals surface area contributed by atoms with Crippen LogP contribution in [-0.2, 0) is 5.41 Å². The maximum atomic E-state index is 12.9. The van der Waals surface area contributed by atoms with Crippen molar-refractivity contribution in [1.82, 2.24) is 10.6 Å². The van der Waals surface area contributed by atoms with Crippen molar-refractivity contribution in [2.24, 2.45) is 5.92 Å². The van der Waals surface area contributed by atoms with Gasteiger partial charge in [-0.25, -0.2) is 4.39 Å². The van der Waals surface area contributed by atoms with Gasteiger partial charge >= 0.3 is 0 Å². The van der Waals surface area contributed by atoms with Crippen LogP contribution in [0.3, 0.4) is 0 Å². The molecule has 0 radical (unpaired) electrons. The summed E-state index contributed by atoms with van der Waals surface area (Å²) in [6, 6.07) is 6.87. The van der Waals surface area contributed by atoms with E-state index in [0.29, 0.717) is 0 Å². The molecule has 0 saturated carbocycles. The Labute approximate surface area is 115 Å². The number of hydrogen-bond donors (Lipinski definition) is 2. The summed E-state index contributed by atoms with van der Waals surface area (Å²) in [7, 11) is 0. The van der Waals surface area contributed by atoms with Gasteiger partial charge in [0.05, 0.1) is 0 Å². The molecule has 1 aliphatic rings. The normalized spacial score (nSPS) is 17.6. The molecule has 1 saturated heterocycles. The third kappa shape index (κ3) is 4.29. The Balaban J connectivity index is 1.81. The second-order valence-corrected chi connectivity index (χ2v) is 6.22. The summed E-state index contributed by atoms with van der Waals surface area (Å²) in [5.41, 5.74) is 1.23. The first-order valence-corrected chi connectivity index (χ1v) is 7.25. The van der Waals surface area contributed by atoms with E-state index in [1.165, 1.54) is 18.4 Å². The smallest absolute Gasteiger partial charge is 0.123 e. The molecule has 3 heteroatoms. The molecule has 19 heavy (non-hydrogen) atoms. The molecule has 0 spiro atoms. The second kappa shape index (κ2) is 6.49. The second-order valence-electron chi connectivity index (χ2n) is 6.22. The van der Waals surface area contributed by atoms with Crippen molar-refractivity contribution >= 4 is 0 Å². The van der Waals surface area contributed by atoms with Crippen LogP contribution < -0.4 is 10.6 Å². The van der Waals surface area contributed by atoms with E-state index in [2.05, 4.69) is 24.5 Å². The van der Waals surface area contributed by atoms with E-state index in [0.717, 1.165) is 32.1 Å². The van der Waals surface area contributed by atoms with Gasteiger partial charge in [-0.05, 0) is 56.1 Å². The van der Waals surface area contributed by atoms with Crippen LogP contribution in [0.25, 0.3) is 0 Å². The molecule has 1 aromatic carbocycles. The molecular formula is C16H25FN2. The monoisotopic (exact) mass is 264 g/mol. The van der Waals surface area contributed by atoms with Gasteiger partial charge in [0, 0.05) is 12.0 Å². The van der Waals surface area contributed by atoms with E-state index in [9.17, 15) is 4.39 Å². The Kier molecular flexibility index (Phi) is 4.94. The number of rotatable bonds is 5. The molecule has 0 unspecified atom stereocenters. The number of hydrogen-bond acceptors (Lipinski definition) is 2. The lowest BCUT2D eigenvalue weighted by Crippen LogP contribution is -2.38. The first-order chi connectivity index (χ1) is 9.08. The Morgan fingerprint density at radius 2 is 1.84 bits per heavy atom. The average Bonchev–Trinajstić information content (AvgIpc) is 2.40. The Hall–Kier alpha value is -0.930. The van der Waals surface area contributed by atoms with E-state index in [1.54, 1.807) is 12.1 Å². The zero-order valence-corrected chi connectivity index (χ0v) is 12.0. The summed E-state index contributed by atoms with van der Waals surface area (Å²) in [6.07, 6.45) is 2.54. The molecule has 1 aromatic rings. The van der Waals surface area contributed by atoms with Crippen LogP contribution in [0.5, 0.6) is 0 Å². The fraction of sp³-hybridized carbons (Fsp3) is 0.625. The van der Waals surface area contributed by atoms with Crippen LogP contribution in [0.2, 0.25) is 0 Å². The van der Waals surface area contributed by atoms with Gasteiger partial charge in [0.1, 0.15) is 5.82 Å². The van der Waals surface area contributed by atoms with Gasteiger partial charge < -0.3 is 10.6 Å². The molecule has 0 bridgehead atoms. The number of halogens is 1. The standard InChI is InChI=1S/C16H25FN2/c1-16(2,14-3-5-15(17)6-4-14)12-19-11-13-7-9-18-10-8-13/h3-6,13,18-19H,7-12H2,1-2H3. The van der Waals surface area contributed by atoms with Crippen LogP contribution in [-0.4, -0.2) is 26.2 Å². The summed E-state index contributed by atoms with van der Waals surface area (Å²) in [5, 5.41) is 6.98. The Morgan fingerprint density at radius 1 is 1.21 bits per heavy atom. The van der Waals surface area contributed by atoms with Crippen molar-refractivity contribution in [1.29, 1.82) is 0 Å². The van der Waals surface area contributed by atoms with Crippen LogP contribution in [0.15, 0.2) is 24.3 Å². The Bertz CT molecular complexity index is 380. The third-order valence-electron chi connectivity index (χ3n) is 4.08. The van der Waals surface area contributed by atoms with Gasteiger partial charge in [-0.3, -0.25) is 0 Å². The summed E-state index contributed by atoms with van der Waals surface area (Å²) >= 11 is 0. The van der Waals surface area contributed by atoms with E-state index in [-0.39, 0.29) is 11.2 Å². The third-order valence-corrected chi connectivity index (χ3v) is 4.08. The predicted octanol–water partition coefficient (Wildman–Crippen LogP) is 2.69. The highest BCUT2D eigenvalue weighted by atomic mass is 19.1. The maximum absolute atomic E-state index is 12.9. The lowest BCUT2D eigenvalue weighted by molar-refractivity contribution is 0.342. The van der Waals surface area contributed by atoms with Crippen molar-refractivity contribution in [2.75, 3.05) is 26.2 Å². The van der Waals surface area contributed by atoms with E-state index >= 15 is 0 Å². The summed E-state index contributed by atoms with van der Waals surface area (Å²) in [5.74, 6) is 0.632. The van der Waals surface area contributed by atoms with Crippen LogP contribution >= 0.6 is 0 Å². The van der Waals surface area contributed by atoms with E-state index in [4.69, 9.17) is 0 Å². The van der Waals surface area contributed by atoms with Gasteiger partial charge in [0.25, 0.3) is 0 Å². The SMILES string of the molecule is CC(C)(CNCC1CCNCC1)c1ccc(F)cc1. The number of piperidine rings is 1. The lowest BCUT2D eigenvalue weighted by atomic mass is 9.84. The molecule has 0 amide bonds. The van der Waals surface area contributed by atoms with Crippen LogP contribution in [0.1, 0.15) is 32.3 Å². The van der Waals surface area contributed by atoms with Crippen LogP contribution in [0.4, 0.5) is 4.39 Å². The molecule has 2 rings (SSSR count). The minimum Gasteiger partial charge on any atom is -0.317 e. The van der Waals surface area contributed by atoms with Crippen molar-refractivity contribution in [3.8, 4) is 0 Å². The molecule has 1 fully saturated rings. The highest BCUT2D eigenvalue weighted by molar-refractivity contribution is 5.24. The summed E-state index contributed by atoms with van der Waals surface area (Å²) in [6.45, 7) is 8.72. The molecule has 106 valence electrons. The minimum absolute atomic E-state index is 0.0423. The summed E-state index contributed by atoms with van der Waals surface area (Å²) in [4.78, 5) is 0. The highest BCUT2D eigenvalue weighted by Crippen LogP contribution is 2.22. The van der Waals surface area contributed by atoms with Gasteiger partial charge in [-0.2, -0.15) is 0 Å². The molecule has 1 aliphatic heterocycles. The largest absolute Gasteiger partial charge is 0.317 e. The van der Waals surface area contributed by atoms with E-state index < -0.39 is 0 Å². The minimum atomic E-state index is -0.165. The fourth-order valence-electron chi connectivity index (χ4n) is 2.68. The van der Waals surface area contributed by atoms with Crippen molar-refractivity contribution < 1.29 is 4.39 Å². The maximum Gasteiger partial charge on any atom is 0.123 e. The molecule has 2 nitrogen and oxygen atoms in total. The number of benzene rings is 1.